The molecular weight excluding hydrogens is 386 g/mol. The van der Waals surface area contributed by atoms with E-state index in [0.717, 1.165) is 0 Å². The summed E-state index contributed by atoms with van der Waals surface area (Å²) in [6.45, 7) is 2.60. The number of esters is 1. The average Bonchev–Trinajstić information content (AvgIpc) is 2.96. The van der Waals surface area contributed by atoms with Crippen LogP contribution in [0.25, 0.3) is 0 Å². The summed E-state index contributed by atoms with van der Waals surface area (Å²) in [5, 5.41) is 2.75. The molecule has 0 aliphatic heterocycles. The number of amides is 1. The Kier molecular flexibility index (Phi) is 7.58. The van der Waals surface area contributed by atoms with E-state index in [2.05, 4.69) is 15.0 Å². The number of aryl methyl sites for hydroxylation is 1. The molecule has 1 aromatic carbocycles. The fourth-order valence-electron chi connectivity index (χ4n) is 2.96. The minimum absolute atomic E-state index is 0.0683. The van der Waals surface area contributed by atoms with E-state index in [0.29, 0.717) is 28.8 Å². The molecule has 0 spiro atoms. The zero-order valence-corrected chi connectivity index (χ0v) is 16.7. The number of alkyl halides is 2. The van der Waals surface area contributed by atoms with Gasteiger partial charge < -0.3 is 24.5 Å². The van der Waals surface area contributed by atoms with Gasteiger partial charge in [0.1, 0.15) is 5.69 Å². The second-order valence-corrected chi connectivity index (χ2v) is 6.22. The number of nitrogens with one attached hydrogen (secondary N) is 2. The fraction of sp³-hybridized carbons (Fsp3) is 0.400. The third-order valence-corrected chi connectivity index (χ3v) is 4.29. The van der Waals surface area contributed by atoms with Crippen molar-refractivity contribution in [3.05, 3.63) is 46.3 Å². The summed E-state index contributed by atoms with van der Waals surface area (Å²) >= 11 is 0. The monoisotopic (exact) mass is 410 g/mol. The normalized spacial score (nSPS) is 10.7. The summed E-state index contributed by atoms with van der Waals surface area (Å²) < 4.78 is 39.5. The number of benzene rings is 1. The molecule has 1 aromatic heterocycles. The lowest BCUT2D eigenvalue weighted by molar-refractivity contribution is -0.0512. The number of carbonyl (C=O) groups excluding carboxylic acids is 2. The third-order valence-electron chi connectivity index (χ3n) is 4.29. The number of hydrogen-bond acceptors (Lipinski definition) is 5. The van der Waals surface area contributed by atoms with Gasteiger partial charge in [0.25, 0.3) is 5.91 Å². The molecule has 0 aliphatic rings. The first kappa shape index (κ1) is 22.2. The van der Waals surface area contributed by atoms with Crippen LogP contribution in [0.3, 0.4) is 0 Å². The molecule has 1 heterocycles. The highest BCUT2D eigenvalue weighted by atomic mass is 19.3. The van der Waals surface area contributed by atoms with Crippen LogP contribution in [0, 0.1) is 13.8 Å². The molecule has 0 bridgehead atoms. The minimum Gasteiger partial charge on any atom is -0.493 e. The maximum Gasteiger partial charge on any atom is 0.387 e. The van der Waals surface area contributed by atoms with Gasteiger partial charge in [-0.15, -0.1) is 0 Å². The Morgan fingerprint density at radius 3 is 2.55 bits per heavy atom. The van der Waals surface area contributed by atoms with E-state index in [4.69, 9.17) is 9.47 Å². The third kappa shape index (κ3) is 5.46. The number of rotatable bonds is 9. The molecule has 2 N–H and O–H groups in total. The molecule has 158 valence electrons. The molecule has 2 aromatic rings. The Bertz CT molecular complexity index is 880. The SMILES string of the molecule is CCOC(=O)c1c(C)[nH]c(C(=O)NCCc2ccc(OC)c(OC(F)F)c2)c1C. The largest absolute Gasteiger partial charge is 0.493 e. The predicted molar refractivity (Wildman–Crippen MR) is 102 cm³/mol. The van der Waals surface area contributed by atoms with E-state index < -0.39 is 12.6 Å². The zero-order valence-electron chi connectivity index (χ0n) is 16.7. The van der Waals surface area contributed by atoms with E-state index in [1.165, 1.54) is 19.2 Å². The molecule has 9 heteroatoms. The first-order chi connectivity index (χ1) is 13.8. The lowest BCUT2D eigenvalue weighted by Crippen LogP contribution is -2.26. The number of ether oxygens (including phenoxy) is 3. The fourth-order valence-corrected chi connectivity index (χ4v) is 2.96. The molecule has 29 heavy (non-hydrogen) atoms. The molecule has 2 rings (SSSR count). The molecule has 0 saturated carbocycles. The Morgan fingerprint density at radius 2 is 1.93 bits per heavy atom. The van der Waals surface area contributed by atoms with Crippen molar-refractivity contribution in [3.63, 3.8) is 0 Å². The molecule has 0 unspecified atom stereocenters. The predicted octanol–water partition coefficient (Wildman–Crippen LogP) is 3.39. The first-order valence-corrected chi connectivity index (χ1v) is 9.04. The molecular formula is C20H24F2N2O5. The summed E-state index contributed by atoms with van der Waals surface area (Å²) in [6.07, 6.45) is 0.388. The van der Waals surface area contributed by atoms with Crippen LogP contribution in [0.4, 0.5) is 8.78 Å². The van der Waals surface area contributed by atoms with Crippen LogP contribution in [0.1, 0.15) is 44.6 Å². The van der Waals surface area contributed by atoms with E-state index in [1.807, 2.05) is 0 Å². The van der Waals surface area contributed by atoms with Crippen molar-refractivity contribution < 1.29 is 32.6 Å². The maximum absolute atomic E-state index is 12.5. The van der Waals surface area contributed by atoms with Crippen LogP contribution in [0.2, 0.25) is 0 Å². The summed E-state index contributed by atoms with van der Waals surface area (Å²) in [5.74, 6) is -0.732. The number of halogens is 2. The van der Waals surface area contributed by atoms with Crippen molar-refractivity contribution in [2.75, 3.05) is 20.3 Å². The molecule has 0 aliphatic carbocycles. The van der Waals surface area contributed by atoms with Crippen molar-refractivity contribution >= 4 is 11.9 Å². The van der Waals surface area contributed by atoms with Gasteiger partial charge in [-0.1, -0.05) is 6.07 Å². The van der Waals surface area contributed by atoms with Crippen molar-refractivity contribution in [3.8, 4) is 11.5 Å². The van der Waals surface area contributed by atoms with Crippen molar-refractivity contribution in [1.82, 2.24) is 10.3 Å². The molecule has 0 radical (unpaired) electrons. The number of aromatic amines is 1. The van der Waals surface area contributed by atoms with Crippen molar-refractivity contribution in [2.45, 2.75) is 33.8 Å². The van der Waals surface area contributed by atoms with Gasteiger partial charge in [0.15, 0.2) is 11.5 Å². The van der Waals surface area contributed by atoms with E-state index in [1.54, 1.807) is 26.8 Å². The van der Waals surface area contributed by atoms with Crippen LogP contribution < -0.4 is 14.8 Å². The van der Waals surface area contributed by atoms with Crippen LogP contribution in [0.5, 0.6) is 11.5 Å². The Labute approximate surface area is 167 Å². The van der Waals surface area contributed by atoms with Crippen LogP contribution in [0.15, 0.2) is 18.2 Å². The highest BCUT2D eigenvalue weighted by Gasteiger charge is 2.22. The van der Waals surface area contributed by atoms with Crippen LogP contribution in [-0.2, 0) is 11.2 Å². The molecule has 0 atom stereocenters. The topological polar surface area (TPSA) is 89.7 Å². The van der Waals surface area contributed by atoms with E-state index in [-0.39, 0.29) is 36.3 Å². The summed E-state index contributed by atoms with van der Waals surface area (Å²) in [6, 6.07) is 4.67. The van der Waals surface area contributed by atoms with Crippen LogP contribution in [-0.4, -0.2) is 43.7 Å². The number of H-pyrrole nitrogens is 1. The van der Waals surface area contributed by atoms with E-state index in [9.17, 15) is 18.4 Å². The number of carbonyl (C=O) groups is 2. The Morgan fingerprint density at radius 1 is 1.21 bits per heavy atom. The van der Waals surface area contributed by atoms with Gasteiger partial charge in [0.2, 0.25) is 0 Å². The first-order valence-electron chi connectivity index (χ1n) is 9.04. The van der Waals surface area contributed by atoms with Crippen molar-refractivity contribution in [2.24, 2.45) is 0 Å². The molecule has 0 saturated heterocycles. The minimum atomic E-state index is -2.97. The Hall–Kier alpha value is -3.10. The number of hydrogen-bond donors (Lipinski definition) is 2. The van der Waals surface area contributed by atoms with Gasteiger partial charge in [-0.05, 0) is 50.5 Å². The highest BCUT2D eigenvalue weighted by Crippen LogP contribution is 2.29. The summed E-state index contributed by atoms with van der Waals surface area (Å²) in [4.78, 5) is 27.4. The van der Waals surface area contributed by atoms with Crippen LogP contribution >= 0.6 is 0 Å². The number of aromatic nitrogens is 1. The average molecular weight is 410 g/mol. The highest BCUT2D eigenvalue weighted by molar-refractivity contribution is 6.00. The lowest BCUT2D eigenvalue weighted by atomic mass is 10.1. The van der Waals surface area contributed by atoms with E-state index >= 15 is 0 Å². The molecule has 0 fully saturated rings. The van der Waals surface area contributed by atoms with Crippen molar-refractivity contribution in [1.29, 1.82) is 0 Å². The number of methoxy groups -OCH3 is 1. The summed E-state index contributed by atoms with van der Waals surface area (Å²) in [7, 11) is 1.36. The second-order valence-electron chi connectivity index (χ2n) is 6.22. The lowest BCUT2D eigenvalue weighted by Gasteiger charge is -2.12. The maximum atomic E-state index is 12.5. The van der Waals surface area contributed by atoms with Gasteiger partial charge in [0.05, 0.1) is 19.3 Å². The second kappa shape index (κ2) is 9.90. The van der Waals surface area contributed by atoms with Gasteiger partial charge in [-0.2, -0.15) is 8.78 Å². The van der Waals surface area contributed by atoms with Gasteiger partial charge in [0, 0.05) is 12.2 Å². The molecule has 1 amide bonds. The van der Waals surface area contributed by atoms with Gasteiger partial charge in [-0.3, -0.25) is 4.79 Å². The Balaban J connectivity index is 2.03. The molecule has 7 nitrogen and oxygen atoms in total. The summed E-state index contributed by atoms with van der Waals surface area (Å²) in [5.41, 5.74) is 2.38. The smallest absolute Gasteiger partial charge is 0.387 e. The zero-order chi connectivity index (χ0) is 21.6. The van der Waals surface area contributed by atoms with Gasteiger partial charge in [-0.25, -0.2) is 4.79 Å². The standard InChI is InChI=1S/C20H24F2N2O5/c1-5-28-19(26)16-11(2)17(24-12(16)3)18(25)23-9-8-13-6-7-14(27-4)15(10-13)29-20(21)22/h6-7,10,20,24H,5,8-9H2,1-4H3,(H,23,25). The quantitative estimate of drug-likeness (QED) is 0.619. The van der Waals surface area contributed by atoms with Gasteiger partial charge >= 0.3 is 12.6 Å².